The van der Waals surface area contributed by atoms with Crippen molar-refractivity contribution >= 4 is 22.0 Å². The molecule has 1 amide bonds. The van der Waals surface area contributed by atoms with E-state index < -0.39 is 5.60 Å². The summed E-state index contributed by atoms with van der Waals surface area (Å²) in [7, 11) is 0. The first-order valence-electron chi connectivity index (χ1n) is 7.98. The molecule has 0 aliphatic carbocycles. The van der Waals surface area contributed by atoms with Gasteiger partial charge in [-0.05, 0) is 51.3 Å². The Kier molecular flexibility index (Phi) is 7.08. The number of benzene rings is 1. The lowest BCUT2D eigenvalue weighted by atomic mass is 9.88. The maximum atomic E-state index is 11.9. The number of halogens is 1. The molecule has 0 saturated heterocycles. The molecule has 1 aromatic rings. The van der Waals surface area contributed by atoms with Crippen LogP contribution in [-0.4, -0.2) is 23.8 Å². The largest absolute Gasteiger partial charge is 0.444 e. The molecule has 0 aliphatic rings. The molecule has 0 saturated carbocycles. The number of amides is 1. The minimum Gasteiger partial charge on any atom is -0.444 e. The fraction of sp³-hybridized carbons (Fsp3) is 0.611. The standard InChI is InChI=1S/C18H29BrN2O2/c1-13(2)18(6,12-20-16(22)23-17(3,4)5)21-11-14-7-9-15(19)10-8-14/h7-10,13,21H,11-12H2,1-6H3,(H,20,22). The van der Waals surface area contributed by atoms with Crippen LogP contribution < -0.4 is 10.6 Å². The molecule has 1 atom stereocenters. The summed E-state index contributed by atoms with van der Waals surface area (Å²) < 4.78 is 6.37. The van der Waals surface area contributed by atoms with Crippen LogP contribution in [0.3, 0.4) is 0 Å². The second-order valence-electron chi connectivity index (χ2n) is 7.41. The maximum Gasteiger partial charge on any atom is 0.407 e. The average molecular weight is 385 g/mol. The first kappa shape index (κ1) is 20.0. The van der Waals surface area contributed by atoms with E-state index in [0.29, 0.717) is 12.5 Å². The number of hydrogen-bond acceptors (Lipinski definition) is 3. The Morgan fingerprint density at radius 3 is 2.22 bits per heavy atom. The Morgan fingerprint density at radius 1 is 1.17 bits per heavy atom. The number of rotatable bonds is 6. The second-order valence-corrected chi connectivity index (χ2v) is 8.32. The zero-order chi connectivity index (χ0) is 17.7. The Labute approximate surface area is 148 Å². The van der Waals surface area contributed by atoms with Crippen molar-refractivity contribution in [1.29, 1.82) is 0 Å². The first-order valence-corrected chi connectivity index (χ1v) is 8.77. The van der Waals surface area contributed by atoms with Gasteiger partial charge in [0, 0.05) is 23.1 Å². The highest BCUT2D eigenvalue weighted by Crippen LogP contribution is 2.18. The van der Waals surface area contributed by atoms with Crippen LogP contribution in [0.1, 0.15) is 47.1 Å². The lowest BCUT2D eigenvalue weighted by Crippen LogP contribution is -2.55. The van der Waals surface area contributed by atoms with Crippen molar-refractivity contribution in [1.82, 2.24) is 10.6 Å². The highest BCUT2D eigenvalue weighted by atomic mass is 79.9. The van der Waals surface area contributed by atoms with Crippen molar-refractivity contribution in [3.05, 3.63) is 34.3 Å². The van der Waals surface area contributed by atoms with Crippen molar-refractivity contribution in [2.75, 3.05) is 6.54 Å². The monoisotopic (exact) mass is 384 g/mol. The zero-order valence-electron chi connectivity index (χ0n) is 15.0. The molecule has 0 heterocycles. The van der Waals surface area contributed by atoms with Crippen LogP contribution in [-0.2, 0) is 11.3 Å². The third kappa shape index (κ3) is 7.36. The van der Waals surface area contributed by atoms with E-state index in [2.05, 4.69) is 59.5 Å². The lowest BCUT2D eigenvalue weighted by molar-refractivity contribution is 0.0503. The quantitative estimate of drug-likeness (QED) is 0.759. The van der Waals surface area contributed by atoms with Gasteiger partial charge < -0.3 is 15.4 Å². The van der Waals surface area contributed by atoms with Crippen LogP contribution in [0.4, 0.5) is 4.79 Å². The molecule has 0 aromatic heterocycles. The van der Waals surface area contributed by atoms with Crippen LogP contribution in [0.2, 0.25) is 0 Å². The van der Waals surface area contributed by atoms with Gasteiger partial charge in [-0.3, -0.25) is 0 Å². The third-order valence-corrected chi connectivity index (χ3v) is 4.41. The van der Waals surface area contributed by atoms with E-state index in [0.717, 1.165) is 11.0 Å². The van der Waals surface area contributed by atoms with E-state index in [1.54, 1.807) is 0 Å². The van der Waals surface area contributed by atoms with Gasteiger partial charge in [0.05, 0.1) is 0 Å². The summed E-state index contributed by atoms with van der Waals surface area (Å²) >= 11 is 3.44. The molecule has 0 fully saturated rings. The number of carbonyl (C=O) groups excluding carboxylic acids is 1. The number of ether oxygens (including phenoxy) is 1. The number of hydrogen-bond donors (Lipinski definition) is 2. The zero-order valence-corrected chi connectivity index (χ0v) is 16.6. The molecule has 23 heavy (non-hydrogen) atoms. The molecule has 0 spiro atoms. The predicted octanol–water partition coefficient (Wildman–Crippen LogP) is 4.48. The summed E-state index contributed by atoms with van der Waals surface area (Å²) in [5.74, 6) is 0.355. The van der Waals surface area contributed by atoms with Crippen LogP contribution >= 0.6 is 15.9 Å². The van der Waals surface area contributed by atoms with Gasteiger partial charge >= 0.3 is 6.09 Å². The summed E-state index contributed by atoms with van der Waals surface area (Å²) in [6.07, 6.45) is -0.380. The van der Waals surface area contributed by atoms with Gasteiger partial charge in [-0.25, -0.2) is 4.79 Å². The molecule has 0 bridgehead atoms. The SMILES string of the molecule is CC(C)C(C)(CNC(=O)OC(C)(C)C)NCc1ccc(Br)cc1. The van der Waals surface area contributed by atoms with E-state index in [1.807, 2.05) is 32.9 Å². The molecule has 0 aliphatic heterocycles. The third-order valence-electron chi connectivity index (χ3n) is 3.88. The fourth-order valence-electron chi connectivity index (χ4n) is 1.95. The molecular formula is C18H29BrN2O2. The number of nitrogens with one attached hydrogen (secondary N) is 2. The summed E-state index contributed by atoms with van der Waals surface area (Å²) in [5, 5.41) is 6.44. The molecule has 2 N–H and O–H groups in total. The van der Waals surface area contributed by atoms with Crippen molar-refractivity contribution < 1.29 is 9.53 Å². The summed E-state index contributed by atoms with van der Waals surface area (Å²) in [6.45, 7) is 13.2. The van der Waals surface area contributed by atoms with Gasteiger partial charge in [-0.1, -0.05) is 41.9 Å². The first-order chi connectivity index (χ1) is 10.5. The summed E-state index contributed by atoms with van der Waals surface area (Å²) in [4.78, 5) is 11.9. The van der Waals surface area contributed by atoms with Gasteiger partial charge in [0.25, 0.3) is 0 Å². The average Bonchev–Trinajstić information content (AvgIpc) is 2.42. The number of alkyl carbamates (subject to hydrolysis) is 1. The minimum atomic E-state index is -0.483. The Bertz CT molecular complexity index is 509. The predicted molar refractivity (Wildman–Crippen MR) is 98.5 cm³/mol. The van der Waals surface area contributed by atoms with Gasteiger partial charge in [0.2, 0.25) is 0 Å². The number of carbonyl (C=O) groups is 1. The Hall–Kier alpha value is -1.07. The molecule has 130 valence electrons. The fourth-order valence-corrected chi connectivity index (χ4v) is 2.21. The highest BCUT2D eigenvalue weighted by Gasteiger charge is 2.29. The van der Waals surface area contributed by atoms with Crippen molar-refractivity contribution in [3.63, 3.8) is 0 Å². The van der Waals surface area contributed by atoms with Gasteiger partial charge in [0.15, 0.2) is 0 Å². The van der Waals surface area contributed by atoms with Crippen molar-refractivity contribution in [2.24, 2.45) is 5.92 Å². The topological polar surface area (TPSA) is 50.4 Å². The minimum absolute atomic E-state index is 0.218. The van der Waals surface area contributed by atoms with Crippen molar-refractivity contribution in [2.45, 2.75) is 59.2 Å². The highest BCUT2D eigenvalue weighted by molar-refractivity contribution is 9.10. The van der Waals surface area contributed by atoms with Crippen LogP contribution in [0.5, 0.6) is 0 Å². The smallest absolute Gasteiger partial charge is 0.407 e. The van der Waals surface area contributed by atoms with E-state index in [-0.39, 0.29) is 11.6 Å². The van der Waals surface area contributed by atoms with Gasteiger partial charge in [0.1, 0.15) is 5.60 Å². The normalized spacial score (nSPS) is 14.4. The Balaban J connectivity index is 2.60. The van der Waals surface area contributed by atoms with E-state index >= 15 is 0 Å². The lowest BCUT2D eigenvalue weighted by Gasteiger charge is -2.35. The molecule has 1 unspecified atom stereocenters. The van der Waals surface area contributed by atoms with E-state index in [1.165, 1.54) is 5.56 Å². The second kappa shape index (κ2) is 8.15. The van der Waals surface area contributed by atoms with E-state index in [4.69, 9.17) is 4.74 Å². The van der Waals surface area contributed by atoms with Crippen LogP contribution in [0.15, 0.2) is 28.7 Å². The Morgan fingerprint density at radius 2 is 1.74 bits per heavy atom. The molecule has 4 nitrogen and oxygen atoms in total. The molecule has 1 rings (SSSR count). The summed E-state index contributed by atoms with van der Waals surface area (Å²) in [6, 6.07) is 8.23. The van der Waals surface area contributed by atoms with Crippen LogP contribution in [0.25, 0.3) is 0 Å². The summed E-state index contributed by atoms with van der Waals surface area (Å²) in [5.41, 5.74) is 0.505. The van der Waals surface area contributed by atoms with E-state index in [9.17, 15) is 4.79 Å². The molecule has 0 radical (unpaired) electrons. The molecular weight excluding hydrogens is 356 g/mol. The van der Waals surface area contributed by atoms with Gasteiger partial charge in [-0.2, -0.15) is 0 Å². The van der Waals surface area contributed by atoms with Gasteiger partial charge in [-0.15, -0.1) is 0 Å². The van der Waals surface area contributed by atoms with Crippen molar-refractivity contribution in [3.8, 4) is 0 Å². The van der Waals surface area contributed by atoms with Crippen LogP contribution in [0, 0.1) is 5.92 Å². The maximum absolute atomic E-state index is 11.9. The molecule has 1 aromatic carbocycles. The molecule has 5 heteroatoms.